The van der Waals surface area contributed by atoms with Gasteiger partial charge in [-0.25, -0.2) is 13.1 Å². The number of sulfonamides is 1. The molecule has 0 aromatic carbocycles. The first-order chi connectivity index (χ1) is 9.53. The molecular formula is C14H24N2O3S. The highest BCUT2D eigenvalue weighted by atomic mass is 32.2. The van der Waals surface area contributed by atoms with E-state index in [9.17, 15) is 8.42 Å². The van der Waals surface area contributed by atoms with E-state index in [1.165, 1.54) is 31.7 Å². The maximum absolute atomic E-state index is 12.2. The summed E-state index contributed by atoms with van der Waals surface area (Å²) in [5.74, 6) is 1.68. The molecule has 20 heavy (non-hydrogen) atoms. The van der Waals surface area contributed by atoms with Crippen LogP contribution in [0.25, 0.3) is 0 Å². The predicted octanol–water partition coefficient (Wildman–Crippen LogP) is 2.30. The lowest BCUT2D eigenvalue weighted by atomic mass is 10.0. The van der Waals surface area contributed by atoms with Gasteiger partial charge in [0.2, 0.25) is 10.0 Å². The summed E-state index contributed by atoms with van der Waals surface area (Å²) < 4.78 is 32.3. The van der Waals surface area contributed by atoms with Crippen LogP contribution in [0.5, 0.6) is 0 Å². The van der Waals surface area contributed by atoms with Gasteiger partial charge in [-0.15, -0.1) is 0 Å². The van der Waals surface area contributed by atoms with Gasteiger partial charge in [-0.2, -0.15) is 0 Å². The van der Waals surface area contributed by atoms with E-state index in [-0.39, 0.29) is 11.4 Å². The summed E-state index contributed by atoms with van der Waals surface area (Å²) in [6.45, 7) is 2.34. The molecule has 0 spiro atoms. The highest BCUT2D eigenvalue weighted by molar-refractivity contribution is 7.89. The van der Waals surface area contributed by atoms with E-state index in [1.54, 1.807) is 6.92 Å². The van der Waals surface area contributed by atoms with Crippen molar-refractivity contribution in [3.8, 4) is 0 Å². The van der Waals surface area contributed by atoms with Crippen molar-refractivity contribution < 1.29 is 12.8 Å². The van der Waals surface area contributed by atoms with Crippen LogP contribution in [0.4, 0.5) is 0 Å². The lowest BCUT2D eigenvalue weighted by molar-refractivity contribution is 0.475. The summed E-state index contributed by atoms with van der Waals surface area (Å²) in [6, 6.07) is 1.51. The summed E-state index contributed by atoms with van der Waals surface area (Å²) in [4.78, 5) is 0.207. The molecule has 2 rings (SSSR count). The quantitative estimate of drug-likeness (QED) is 0.757. The number of rotatable bonds is 7. The molecule has 1 saturated carbocycles. The van der Waals surface area contributed by atoms with Gasteiger partial charge in [-0.05, 0) is 25.7 Å². The molecule has 0 aliphatic heterocycles. The zero-order chi connectivity index (χ0) is 14.6. The highest BCUT2D eigenvalue weighted by Gasteiger charge is 2.21. The summed E-state index contributed by atoms with van der Waals surface area (Å²) in [5, 5.41) is 0. The van der Waals surface area contributed by atoms with Gasteiger partial charge in [0.25, 0.3) is 0 Å². The zero-order valence-corrected chi connectivity index (χ0v) is 12.8. The van der Waals surface area contributed by atoms with E-state index in [2.05, 4.69) is 4.72 Å². The zero-order valence-electron chi connectivity index (χ0n) is 12.0. The monoisotopic (exact) mass is 300 g/mol. The third kappa shape index (κ3) is 3.84. The van der Waals surface area contributed by atoms with Crippen molar-refractivity contribution >= 4 is 10.0 Å². The van der Waals surface area contributed by atoms with Crippen LogP contribution in [-0.2, 0) is 16.6 Å². The van der Waals surface area contributed by atoms with Crippen LogP contribution in [0.1, 0.15) is 50.0 Å². The topological polar surface area (TPSA) is 85.3 Å². The number of hydrogen-bond acceptors (Lipinski definition) is 4. The smallest absolute Gasteiger partial charge is 0.244 e. The van der Waals surface area contributed by atoms with Gasteiger partial charge in [-0.3, -0.25) is 0 Å². The Labute approximate surface area is 121 Å². The lowest BCUT2D eigenvalue weighted by Crippen LogP contribution is -2.25. The first-order valence-electron chi connectivity index (χ1n) is 7.32. The second-order valence-corrected chi connectivity index (χ2v) is 7.26. The van der Waals surface area contributed by atoms with E-state index in [0.29, 0.717) is 18.1 Å². The van der Waals surface area contributed by atoms with E-state index in [4.69, 9.17) is 10.2 Å². The third-order valence-corrected chi connectivity index (χ3v) is 5.54. The maximum atomic E-state index is 12.2. The number of furan rings is 1. The molecule has 1 aliphatic carbocycles. The largest absolute Gasteiger partial charge is 0.464 e. The van der Waals surface area contributed by atoms with Crippen molar-refractivity contribution in [1.29, 1.82) is 0 Å². The molecule has 1 heterocycles. The van der Waals surface area contributed by atoms with Crippen molar-refractivity contribution in [3.63, 3.8) is 0 Å². The van der Waals surface area contributed by atoms with Crippen LogP contribution in [0.2, 0.25) is 0 Å². The van der Waals surface area contributed by atoms with Crippen LogP contribution in [0.15, 0.2) is 15.4 Å². The van der Waals surface area contributed by atoms with Gasteiger partial charge < -0.3 is 10.2 Å². The molecule has 0 atom stereocenters. The molecule has 1 aromatic rings. The van der Waals surface area contributed by atoms with Crippen LogP contribution >= 0.6 is 0 Å². The maximum Gasteiger partial charge on any atom is 0.244 e. The van der Waals surface area contributed by atoms with Crippen molar-refractivity contribution in [3.05, 3.63) is 17.6 Å². The predicted molar refractivity (Wildman–Crippen MR) is 77.7 cm³/mol. The van der Waals surface area contributed by atoms with Crippen LogP contribution in [0, 0.1) is 12.8 Å². The normalized spacial score (nSPS) is 16.9. The van der Waals surface area contributed by atoms with Crippen LogP contribution in [0.3, 0.4) is 0 Å². The van der Waals surface area contributed by atoms with Crippen LogP contribution < -0.4 is 10.5 Å². The van der Waals surface area contributed by atoms with Crippen molar-refractivity contribution in [2.45, 2.75) is 56.9 Å². The summed E-state index contributed by atoms with van der Waals surface area (Å²) in [5.41, 5.74) is 5.46. The Morgan fingerprint density at radius 1 is 1.40 bits per heavy atom. The Morgan fingerprint density at radius 3 is 2.70 bits per heavy atom. The molecule has 1 aromatic heterocycles. The van der Waals surface area contributed by atoms with Gasteiger partial charge in [0, 0.05) is 12.6 Å². The fourth-order valence-corrected chi connectivity index (χ4v) is 4.14. The Hall–Kier alpha value is -0.850. The molecule has 1 fully saturated rings. The SMILES string of the molecule is Cc1oc(CN)cc1S(=O)(=O)NCCCC1CCCC1. The minimum atomic E-state index is -3.48. The van der Waals surface area contributed by atoms with Crippen molar-refractivity contribution in [1.82, 2.24) is 4.72 Å². The third-order valence-electron chi connectivity index (χ3n) is 3.97. The number of hydrogen-bond donors (Lipinski definition) is 2. The first kappa shape index (κ1) is 15.5. The average molecular weight is 300 g/mol. The Balaban J connectivity index is 1.85. The number of nitrogens with one attached hydrogen (secondary N) is 1. The Morgan fingerprint density at radius 2 is 2.10 bits per heavy atom. The number of nitrogens with two attached hydrogens (primary N) is 1. The summed E-state index contributed by atoms with van der Waals surface area (Å²) in [7, 11) is -3.48. The van der Waals surface area contributed by atoms with E-state index < -0.39 is 10.0 Å². The van der Waals surface area contributed by atoms with Crippen LogP contribution in [-0.4, -0.2) is 15.0 Å². The molecule has 3 N–H and O–H groups in total. The van der Waals surface area contributed by atoms with E-state index >= 15 is 0 Å². The van der Waals surface area contributed by atoms with Gasteiger partial charge >= 0.3 is 0 Å². The molecule has 0 bridgehead atoms. The average Bonchev–Trinajstić information content (AvgIpc) is 3.04. The molecule has 0 amide bonds. The fraction of sp³-hybridized carbons (Fsp3) is 0.714. The summed E-state index contributed by atoms with van der Waals surface area (Å²) >= 11 is 0. The molecule has 6 heteroatoms. The van der Waals surface area contributed by atoms with Crippen molar-refractivity contribution in [2.24, 2.45) is 11.7 Å². The van der Waals surface area contributed by atoms with Crippen molar-refractivity contribution in [2.75, 3.05) is 6.54 Å². The number of aryl methyl sites for hydroxylation is 1. The lowest BCUT2D eigenvalue weighted by Gasteiger charge is -2.09. The van der Waals surface area contributed by atoms with Gasteiger partial charge in [-0.1, -0.05) is 25.7 Å². The Kier molecular flexibility index (Phi) is 5.23. The molecule has 0 saturated heterocycles. The van der Waals surface area contributed by atoms with Gasteiger partial charge in [0.1, 0.15) is 16.4 Å². The highest BCUT2D eigenvalue weighted by Crippen LogP contribution is 2.28. The molecular weight excluding hydrogens is 276 g/mol. The second kappa shape index (κ2) is 6.74. The van der Waals surface area contributed by atoms with Gasteiger partial charge in [0.05, 0.1) is 6.54 Å². The standard InChI is InChI=1S/C14H24N2O3S/c1-11-14(9-13(10-15)19-11)20(17,18)16-8-4-7-12-5-2-3-6-12/h9,12,16H,2-8,10,15H2,1H3. The molecule has 1 aliphatic rings. The minimum absolute atomic E-state index is 0.206. The minimum Gasteiger partial charge on any atom is -0.464 e. The van der Waals surface area contributed by atoms with Gasteiger partial charge in [0.15, 0.2) is 0 Å². The molecule has 0 unspecified atom stereocenters. The second-order valence-electron chi connectivity index (χ2n) is 5.53. The summed E-state index contributed by atoms with van der Waals surface area (Å²) in [6.07, 6.45) is 7.26. The molecule has 114 valence electrons. The Bertz CT molecular complexity index is 531. The molecule has 5 nitrogen and oxygen atoms in total. The van der Waals surface area contributed by atoms with E-state index in [1.807, 2.05) is 0 Å². The first-order valence-corrected chi connectivity index (χ1v) is 8.80. The fourth-order valence-electron chi connectivity index (χ4n) is 2.87. The molecule has 0 radical (unpaired) electrons. The van der Waals surface area contributed by atoms with E-state index in [0.717, 1.165) is 18.8 Å².